The highest BCUT2D eigenvalue weighted by Crippen LogP contribution is 2.17. The van der Waals surface area contributed by atoms with Crippen molar-refractivity contribution >= 4 is 29.7 Å². The molecule has 0 aromatic carbocycles. The molecule has 5 atom stereocenters. The lowest BCUT2D eigenvalue weighted by Gasteiger charge is -2.29. The number of hydrazine groups is 1. The summed E-state index contributed by atoms with van der Waals surface area (Å²) in [6.45, 7) is 18.4. The monoisotopic (exact) mass is 652 g/mol. The highest BCUT2D eigenvalue weighted by molar-refractivity contribution is 5.88. The minimum Gasteiger partial charge on any atom is -0.464 e. The molecule has 1 aromatic heterocycles. The summed E-state index contributed by atoms with van der Waals surface area (Å²) >= 11 is 0. The molecule has 1 rings (SSSR count). The topological polar surface area (TPSA) is 203 Å². The Kier molecular flexibility index (Phi) is 16.7. The first kappa shape index (κ1) is 40.3. The van der Waals surface area contributed by atoms with E-state index in [-0.39, 0.29) is 55.4 Å². The molecule has 1 heterocycles. The van der Waals surface area contributed by atoms with E-state index in [1.165, 1.54) is 0 Å². The van der Waals surface area contributed by atoms with Crippen LogP contribution in [-0.2, 0) is 25.6 Å². The van der Waals surface area contributed by atoms with E-state index in [1.807, 2.05) is 41.5 Å². The Labute approximate surface area is 272 Å². The Morgan fingerprint density at radius 3 is 1.98 bits per heavy atom. The number of oxazole rings is 1. The molecule has 0 aliphatic carbocycles. The number of hydrogen-bond donors (Lipinski definition) is 6. The Hall–Kier alpha value is -3.68. The number of aryl methyl sites for hydroxylation is 2. The maximum Gasteiger partial charge on any atom is 0.426 e. The molecule has 0 radical (unpaired) electrons. The summed E-state index contributed by atoms with van der Waals surface area (Å²) in [5, 5.41) is 29.8. The van der Waals surface area contributed by atoms with Gasteiger partial charge in [-0.1, -0.05) is 55.4 Å². The number of amides is 5. The molecule has 46 heavy (non-hydrogen) atoms. The van der Waals surface area contributed by atoms with Gasteiger partial charge in [0.1, 0.15) is 11.8 Å². The van der Waals surface area contributed by atoms with Crippen LogP contribution in [0.4, 0.5) is 4.79 Å². The number of aliphatic hydroxyl groups excluding tert-OH is 1. The van der Waals surface area contributed by atoms with Gasteiger partial charge >= 0.3 is 6.09 Å². The third-order valence-corrected chi connectivity index (χ3v) is 7.50. The van der Waals surface area contributed by atoms with Gasteiger partial charge in [-0.25, -0.2) is 14.8 Å². The molecule has 1 aromatic rings. The van der Waals surface area contributed by atoms with E-state index in [4.69, 9.17) is 4.42 Å². The van der Waals surface area contributed by atoms with Crippen molar-refractivity contribution in [2.24, 2.45) is 29.6 Å². The quantitative estimate of drug-likeness (QED) is 0.129. The number of rotatable bonds is 18. The highest BCUT2D eigenvalue weighted by atomic mass is 16.4. The summed E-state index contributed by atoms with van der Waals surface area (Å²) in [4.78, 5) is 67.3. The molecule has 2 unspecified atom stereocenters. The fourth-order valence-corrected chi connectivity index (χ4v) is 4.78. The van der Waals surface area contributed by atoms with Gasteiger partial charge in [0, 0.05) is 38.1 Å². The van der Waals surface area contributed by atoms with Gasteiger partial charge in [0.05, 0.1) is 24.4 Å². The molecule has 0 aliphatic heterocycles. The molecule has 14 nitrogen and oxygen atoms in total. The normalized spacial score (nSPS) is 14.7. The minimum absolute atomic E-state index is 0.0294. The van der Waals surface area contributed by atoms with Gasteiger partial charge in [-0.05, 0) is 37.5 Å². The number of aromatic nitrogens is 1. The predicted octanol–water partition coefficient (Wildman–Crippen LogP) is 2.70. The zero-order valence-corrected chi connectivity index (χ0v) is 29.1. The van der Waals surface area contributed by atoms with Crippen molar-refractivity contribution in [2.45, 2.75) is 113 Å². The van der Waals surface area contributed by atoms with Gasteiger partial charge in [-0.2, -0.15) is 0 Å². The second-order valence-electron chi connectivity index (χ2n) is 13.4. The lowest BCUT2D eigenvalue weighted by molar-refractivity contribution is -0.132. The smallest absolute Gasteiger partial charge is 0.426 e. The average Bonchev–Trinajstić information content (AvgIpc) is 3.26. The van der Waals surface area contributed by atoms with Crippen LogP contribution in [0.5, 0.6) is 0 Å². The van der Waals surface area contributed by atoms with Gasteiger partial charge in [-0.3, -0.25) is 24.6 Å². The molecule has 5 amide bonds. The number of carbonyl (C=O) groups excluding carboxylic acids is 4. The van der Waals surface area contributed by atoms with Crippen molar-refractivity contribution in [3.63, 3.8) is 0 Å². The molecular formula is C32H56N6O8. The van der Waals surface area contributed by atoms with E-state index < -0.39 is 47.9 Å². The molecule has 6 N–H and O–H groups in total. The lowest BCUT2D eigenvalue weighted by Crippen LogP contribution is -2.52. The molecule has 0 bridgehead atoms. The molecule has 0 saturated heterocycles. The van der Waals surface area contributed by atoms with Crippen LogP contribution in [0.1, 0.15) is 92.0 Å². The Morgan fingerprint density at radius 1 is 0.848 bits per heavy atom. The van der Waals surface area contributed by atoms with Crippen molar-refractivity contribution in [2.75, 3.05) is 13.1 Å². The summed E-state index contributed by atoms with van der Waals surface area (Å²) in [6, 6.07) is -1.44. The summed E-state index contributed by atoms with van der Waals surface area (Å²) in [5.74, 6) is -1.76. The molecule has 0 aliphatic rings. The van der Waals surface area contributed by atoms with Crippen molar-refractivity contribution in [1.29, 1.82) is 0 Å². The van der Waals surface area contributed by atoms with Crippen molar-refractivity contribution in [3.05, 3.63) is 17.3 Å². The van der Waals surface area contributed by atoms with E-state index in [9.17, 15) is 34.2 Å². The molecular weight excluding hydrogens is 596 g/mol. The first-order valence-corrected chi connectivity index (χ1v) is 16.1. The standard InChI is InChI=1S/C32H56N6O8/c1-17(2)13-25(26(39)15-21(8)29(41)36-28(19(5)6)31(43)33-16-18(3)4)35-27(40)11-12-38(32(44)45)37-30(42)20(7)14-24-22(9)46-23(10)34-24/h17-21,25-26,28,39H,11-16H2,1-10H3,(H,33,43)(H,35,40)(H,36,41)(H,37,42)(H,44,45)/t20?,21-,25+,26+,28?/m1/s1. The van der Waals surface area contributed by atoms with Crippen molar-refractivity contribution in [3.8, 4) is 0 Å². The number of hydrogen-bond acceptors (Lipinski definition) is 8. The summed E-state index contributed by atoms with van der Waals surface area (Å²) in [7, 11) is 0. The maximum atomic E-state index is 13.0. The average molecular weight is 653 g/mol. The van der Waals surface area contributed by atoms with Gasteiger partial charge in [0.2, 0.25) is 23.6 Å². The second-order valence-corrected chi connectivity index (χ2v) is 13.4. The van der Waals surface area contributed by atoms with Crippen LogP contribution in [-0.4, -0.2) is 81.2 Å². The van der Waals surface area contributed by atoms with E-state index >= 15 is 0 Å². The lowest BCUT2D eigenvalue weighted by atomic mass is 9.92. The van der Waals surface area contributed by atoms with Crippen LogP contribution in [0, 0.1) is 43.4 Å². The number of carboxylic acid groups (broad SMARTS) is 1. The molecule has 262 valence electrons. The van der Waals surface area contributed by atoms with Crippen LogP contribution >= 0.6 is 0 Å². The first-order chi connectivity index (χ1) is 21.3. The zero-order valence-electron chi connectivity index (χ0n) is 29.1. The van der Waals surface area contributed by atoms with Crippen LogP contribution < -0.4 is 21.4 Å². The summed E-state index contributed by atoms with van der Waals surface area (Å²) in [5.41, 5.74) is 2.95. The van der Waals surface area contributed by atoms with Crippen LogP contribution in [0.3, 0.4) is 0 Å². The zero-order chi connectivity index (χ0) is 35.3. The molecule has 14 heteroatoms. The second kappa shape index (κ2) is 19.1. The molecule has 0 fully saturated rings. The van der Waals surface area contributed by atoms with Crippen molar-refractivity contribution < 1.29 is 38.6 Å². The minimum atomic E-state index is -1.43. The predicted molar refractivity (Wildman–Crippen MR) is 172 cm³/mol. The van der Waals surface area contributed by atoms with Crippen LogP contribution in [0.25, 0.3) is 0 Å². The number of nitrogens with one attached hydrogen (secondary N) is 4. The van der Waals surface area contributed by atoms with Crippen molar-refractivity contribution in [1.82, 2.24) is 31.4 Å². The Balaban J connectivity index is 2.78. The van der Waals surface area contributed by atoms with Gasteiger partial charge in [0.25, 0.3) is 0 Å². The van der Waals surface area contributed by atoms with E-state index in [0.717, 1.165) is 0 Å². The van der Waals surface area contributed by atoms with Gasteiger partial charge < -0.3 is 30.6 Å². The number of carbonyl (C=O) groups is 5. The van der Waals surface area contributed by atoms with E-state index in [0.29, 0.717) is 35.3 Å². The third kappa shape index (κ3) is 14.2. The van der Waals surface area contributed by atoms with Crippen LogP contribution in [0.2, 0.25) is 0 Å². The summed E-state index contributed by atoms with van der Waals surface area (Å²) in [6.07, 6.45) is -2.11. The third-order valence-electron chi connectivity index (χ3n) is 7.50. The SMILES string of the molecule is Cc1nc(CC(C)C(=O)NN(CCC(=O)N[C@@H](CC(C)C)[C@@H](O)C[C@@H](C)C(=O)NC(C(=O)NCC(C)C)C(C)C)C(=O)O)c(C)o1. The Bertz CT molecular complexity index is 1170. The fraction of sp³-hybridized carbons (Fsp3) is 0.750. The number of aliphatic hydroxyl groups is 1. The Morgan fingerprint density at radius 2 is 1.48 bits per heavy atom. The summed E-state index contributed by atoms with van der Waals surface area (Å²) < 4.78 is 5.39. The van der Waals surface area contributed by atoms with E-state index in [2.05, 4.69) is 26.4 Å². The largest absolute Gasteiger partial charge is 0.464 e. The van der Waals surface area contributed by atoms with Gasteiger partial charge in [-0.15, -0.1) is 0 Å². The number of nitrogens with zero attached hydrogens (tertiary/aromatic N) is 2. The van der Waals surface area contributed by atoms with E-state index in [1.54, 1.807) is 27.7 Å². The first-order valence-electron chi connectivity index (χ1n) is 16.1. The molecule has 0 saturated carbocycles. The maximum absolute atomic E-state index is 13.0. The fourth-order valence-electron chi connectivity index (χ4n) is 4.78. The van der Waals surface area contributed by atoms with Gasteiger partial charge in [0.15, 0.2) is 5.89 Å². The highest BCUT2D eigenvalue weighted by Gasteiger charge is 2.30. The molecule has 0 spiro atoms. The van der Waals surface area contributed by atoms with Crippen LogP contribution in [0.15, 0.2) is 4.42 Å².